The second kappa shape index (κ2) is 12.7. The zero-order chi connectivity index (χ0) is 21.8. The van der Waals surface area contributed by atoms with Gasteiger partial charge in [-0.05, 0) is 43.9 Å². The van der Waals surface area contributed by atoms with Crippen LogP contribution in [0.4, 0.5) is 4.79 Å². The Balaban J connectivity index is 2.05. The fourth-order valence-electron chi connectivity index (χ4n) is 3.23. The van der Waals surface area contributed by atoms with Crippen molar-refractivity contribution in [1.29, 1.82) is 0 Å². The molecule has 6 nitrogen and oxygen atoms in total. The normalized spacial score (nSPS) is 10.6. The van der Waals surface area contributed by atoms with Crippen LogP contribution in [-0.2, 0) is 17.8 Å². The van der Waals surface area contributed by atoms with Gasteiger partial charge in [0.2, 0.25) is 5.91 Å². The molecule has 0 aliphatic rings. The van der Waals surface area contributed by atoms with Gasteiger partial charge in [0.05, 0.1) is 6.54 Å². The Hall–Kier alpha value is -2.76. The molecule has 164 valence electrons. The molecular formula is C24H35N3O3. The van der Waals surface area contributed by atoms with Gasteiger partial charge in [-0.3, -0.25) is 4.79 Å². The van der Waals surface area contributed by atoms with Gasteiger partial charge in [0.1, 0.15) is 18.1 Å². The van der Waals surface area contributed by atoms with Gasteiger partial charge >= 0.3 is 6.03 Å². The van der Waals surface area contributed by atoms with Crippen LogP contribution in [0.15, 0.2) is 46.9 Å². The van der Waals surface area contributed by atoms with E-state index in [2.05, 4.69) is 24.4 Å². The second-order valence-corrected chi connectivity index (χ2v) is 7.57. The summed E-state index contributed by atoms with van der Waals surface area (Å²) >= 11 is 0. The number of nitrogens with zero attached hydrogens (tertiary/aromatic N) is 2. The van der Waals surface area contributed by atoms with Gasteiger partial charge in [0.25, 0.3) is 0 Å². The standard InChI is InChI=1S/C24H35N3O3/c1-4-6-15-25-24(29)27(16-5-2)19-23(28)26(18-22-13-12-20(3)30-22)17-14-21-10-8-7-9-11-21/h7-13H,4-6,14-19H2,1-3H3,(H,25,29). The Morgan fingerprint density at radius 3 is 2.37 bits per heavy atom. The molecular weight excluding hydrogens is 378 g/mol. The summed E-state index contributed by atoms with van der Waals surface area (Å²) in [7, 11) is 0. The highest BCUT2D eigenvalue weighted by Gasteiger charge is 2.21. The summed E-state index contributed by atoms with van der Waals surface area (Å²) in [6.07, 6.45) is 3.50. The van der Waals surface area contributed by atoms with Crippen LogP contribution in [-0.4, -0.2) is 47.9 Å². The lowest BCUT2D eigenvalue weighted by Crippen LogP contribution is -2.47. The van der Waals surface area contributed by atoms with Gasteiger partial charge in [0.15, 0.2) is 0 Å². The van der Waals surface area contributed by atoms with Crippen molar-refractivity contribution in [3.63, 3.8) is 0 Å². The number of rotatable bonds is 12. The smallest absolute Gasteiger partial charge is 0.317 e. The molecule has 0 atom stereocenters. The second-order valence-electron chi connectivity index (χ2n) is 7.57. The molecule has 2 rings (SSSR count). The number of unbranched alkanes of at least 4 members (excludes halogenated alkanes) is 1. The number of hydrogen-bond donors (Lipinski definition) is 1. The lowest BCUT2D eigenvalue weighted by molar-refractivity contribution is -0.132. The first-order valence-electron chi connectivity index (χ1n) is 10.9. The maximum absolute atomic E-state index is 13.2. The molecule has 6 heteroatoms. The number of furan rings is 1. The van der Waals surface area contributed by atoms with E-state index in [4.69, 9.17) is 4.42 Å². The number of nitrogens with one attached hydrogen (secondary N) is 1. The number of hydrogen-bond acceptors (Lipinski definition) is 3. The van der Waals surface area contributed by atoms with Crippen LogP contribution < -0.4 is 5.32 Å². The van der Waals surface area contributed by atoms with Crippen LogP contribution in [0.5, 0.6) is 0 Å². The molecule has 1 heterocycles. The van der Waals surface area contributed by atoms with Gasteiger partial charge in [-0.1, -0.05) is 50.6 Å². The average Bonchev–Trinajstić information content (AvgIpc) is 3.16. The van der Waals surface area contributed by atoms with Crippen LogP contribution >= 0.6 is 0 Å². The van der Waals surface area contributed by atoms with E-state index in [9.17, 15) is 9.59 Å². The average molecular weight is 414 g/mol. The largest absolute Gasteiger partial charge is 0.464 e. The molecule has 3 amide bonds. The zero-order valence-electron chi connectivity index (χ0n) is 18.5. The molecule has 1 aromatic carbocycles. The fraction of sp³-hybridized carbons (Fsp3) is 0.500. The van der Waals surface area contributed by atoms with Gasteiger partial charge in [0, 0.05) is 19.6 Å². The monoisotopic (exact) mass is 413 g/mol. The number of amides is 3. The van der Waals surface area contributed by atoms with Crippen LogP contribution in [0.2, 0.25) is 0 Å². The van der Waals surface area contributed by atoms with E-state index < -0.39 is 0 Å². The van der Waals surface area contributed by atoms with Crippen molar-refractivity contribution < 1.29 is 14.0 Å². The molecule has 0 unspecified atom stereocenters. The Morgan fingerprint density at radius 2 is 1.73 bits per heavy atom. The third-order valence-electron chi connectivity index (χ3n) is 4.92. The van der Waals surface area contributed by atoms with Crippen molar-refractivity contribution in [3.05, 3.63) is 59.5 Å². The summed E-state index contributed by atoms with van der Waals surface area (Å²) in [5, 5.41) is 2.92. The number of urea groups is 1. The predicted molar refractivity (Wildman–Crippen MR) is 119 cm³/mol. The van der Waals surface area contributed by atoms with Crippen LogP contribution in [0.3, 0.4) is 0 Å². The highest BCUT2D eigenvalue weighted by atomic mass is 16.3. The van der Waals surface area contributed by atoms with Crippen molar-refractivity contribution in [1.82, 2.24) is 15.1 Å². The summed E-state index contributed by atoms with van der Waals surface area (Å²) in [4.78, 5) is 29.1. The summed E-state index contributed by atoms with van der Waals surface area (Å²) in [5.74, 6) is 1.51. The molecule has 1 N–H and O–H groups in total. The molecule has 0 radical (unpaired) electrons. The zero-order valence-corrected chi connectivity index (χ0v) is 18.5. The highest BCUT2D eigenvalue weighted by Crippen LogP contribution is 2.12. The Morgan fingerprint density at radius 1 is 0.967 bits per heavy atom. The number of carbonyl (C=O) groups excluding carboxylic acids is 2. The minimum Gasteiger partial charge on any atom is -0.464 e. The van der Waals surface area contributed by atoms with Crippen molar-refractivity contribution in [2.24, 2.45) is 0 Å². The SMILES string of the molecule is CCCCNC(=O)N(CCC)CC(=O)N(CCc1ccccc1)Cc1ccc(C)o1. The first kappa shape index (κ1) is 23.5. The van der Waals surface area contributed by atoms with Gasteiger partial charge in [-0.15, -0.1) is 0 Å². The number of aryl methyl sites for hydroxylation is 1. The van der Waals surface area contributed by atoms with Crippen molar-refractivity contribution >= 4 is 11.9 Å². The van der Waals surface area contributed by atoms with Crippen molar-refractivity contribution in [3.8, 4) is 0 Å². The maximum atomic E-state index is 13.2. The first-order valence-corrected chi connectivity index (χ1v) is 10.9. The van der Waals surface area contributed by atoms with E-state index in [0.717, 1.165) is 37.2 Å². The van der Waals surface area contributed by atoms with E-state index in [-0.39, 0.29) is 18.5 Å². The van der Waals surface area contributed by atoms with Gasteiger partial charge in [-0.25, -0.2) is 4.79 Å². The lowest BCUT2D eigenvalue weighted by Gasteiger charge is -2.27. The fourth-order valence-corrected chi connectivity index (χ4v) is 3.23. The molecule has 0 fully saturated rings. The Kier molecular flexibility index (Phi) is 9.98. The lowest BCUT2D eigenvalue weighted by atomic mass is 10.1. The van der Waals surface area contributed by atoms with Gasteiger partial charge < -0.3 is 19.5 Å². The molecule has 0 saturated heterocycles. The third kappa shape index (κ3) is 7.93. The summed E-state index contributed by atoms with van der Waals surface area (Å²) in [6, 6.07) is 13.7. The molecule has 0 aliphatic heterocycles. The minimum absolute atomic E-state index is 0.0697. The van der Waals surface area contributed by atoms with Crippen LogP contribution in [0, 0.1) is 6.92 Å². The van der Waals surface area contributed by atoms with Crippen molar-refractivity contribution in [2.75, 3.05) is 26.2 Å². The van der Waals surface area contributed by atoms with Crippen LogP contribution in [0.25, 0.3) is 0 Å². The van der Waals surface area contributed by atoms with E-state index in [1.54, 1.807) is 9.80 Å². The topological polar surface area (TPSA) is 65.8 Å². The van der Waals surface area contributed by atoms with Crippen LogP contribution in [0.1, 0.15) is 50.2 Å². The van der Waals surface area contributed by atoms with E-state index >= 15 is 0 Å². The molecule has 1 aromatic heterocycles. The number of benzene rings is 1. The molecule has 0 saturated carbocycles. The summed E-state index contributed by atoms with van der Waals surface area (Å²) in [6.45, 7) is 8.21. The van der Waals surface area contributed by atoms with E-state index in [1.807, 2.05) is 44.2 Å². The molecule has 0 aliphatic carbocycles. The predicted octanol–water partition coefficient (Wildman–Crippen LogP) is 4.38. The molecule has 0 bridgehead atoms. The first-order chi connectivity index (χ1) is 14.5. The molecule has 30 heavy (non-hydrogen) atoms. The highest BCUT2D eigenvalue weighted by molar-refractivity contribution is 5.84. The Labute approximate surface area is 180 Å². The van der Waals surface area contributed by atoms with E-state index in [1.165, 1.54) is 5.56 Å². The minimum atomic E-state index is -0.171. The Bertz CT molecular complexity index is 773. The van der Waals surface area contributed by atoms with E-state index in [0.29, 0.717) is 26.2 Å². The molecule has 0 spiro atoms. The number of carbonyl (C=O) groups is 2. The maximum Gasteiger partial charge on any atom is 0.317 e. The third-order valence-corrected chi connectivity index (χ3v) is 4.92. The summed E-state index contributed by atoms with van der Waals surface area (Å²) < 4.78 is 5.69. The molecule has 2 aromatic rings. The van der Waals surface area contributed by atoms with Gasteiger partial charge in [-0.2, -0.15) is 0 Å². The summed E-state index contributed by atoms with van der Waals surface area (Å²) in [5.41, 5.74) is 1.17. The van der Waals surface area contributed by atoms with Crippen molar-refractivity contribution in [2.45, 2.75) is 53.0 Å². The quantitative estimate of drug-likeness (QED) is 0.525.